The minimum atomic E-state index is -1.01. The smallest absolute Gasteiger partial charge is 0.329 e. The van der Waals surface area contributed by atoms with Gasteiger partial charge < -0.3 is 4.74 Å². The number of benzene rings is 1. The Balaban J connectivity index is 1.39. The van der Waals surface area contributed by atoms with Crippen LogP contribution in [0.25, 0.3) is 0 Å². The molecule has 2 bridgehead atoms. The van der Waals surface area contributed by atoms with Crippen molar-refractivity contribution in [3.05, 3.63) is 34.3 Å². The number of imide groups is 1. The summed E-state index contributed by atoms with van der Waals surface area (Å²) in [4.78, 5) is 51.1. The molecule has 1 aromatic carbocycles. The molecule has 0 N–H and O–H groups in total. The summed E-state index contributed by atoms with van der Waals surface area (Å²) in [5.74, 6) is -1.56. The molecule has 5 atom stereocenters. The van der Waals surface area contributed by atoms with Crippen LogP contribution in [0.4, 0.5) is 0 Å². The molecule has 1 aromatic rings. The topological polar surface area (TPSA) is 80.8 Å². The molecule has 27 heavy (non-hydrogen) atoms. The lowest BCUT2D eigenvalue weighted by molar-refractivity contribution is -0.157. The lowest BCUT2D eigenvalue weighted by atomic mass is 9.81. The van der Waals surface area contributed by atoms with Gasteiger partial charge in [-0.25, -0.2) is 4.79 Å². The first-order chi connectivity index (χ1) is 12.9. The fraction of sp³-hybridized carbons (Fsp3) is 0.500. The molecule has 1 aliphatic heterocycles. The van der Waals surface area contributed by atoms with Gasteiger partial charge in [-0.2, -0.15) is 0 Å². The lowest BCUT2D eigenvalue weighted by Crippen LogP contribution is -2.45. The first kappa shape index (κ1) is 18.3. The maximum atomic E-state index is 12.8. The van der Waals surface area contributed by atoms with Gasteiger partial charge in [0.05, 0.1) is 11.8 Å². The molecule has 142 valence electrons. The van der Waals surface area contributed by atoms with Crippen LogP contribution in [0.15, 0.2) is 28.7 Å². The van der Waals surface area contributed by atoms with Gasteiger partial charge in [-0.05, 0) is 50.2 Å². The van der Waals surface area contributed by atoms with E-state index >= 15 is 0 Å². The van der Waals surface area contributed by atoms with Crippen LogP contribution >= 0.6 is 15.9 Å². The van der Waals surface area contributed by atoms with Crippen LogP contribution in [0.5, 0.6) is 0 Å². The van der Waals surface area contributed by atoms with E-state index in [0.29, 0.717) is 5.56 Å². The Morgan fingerprint density at radius 1 is 1.11 bits per heavy atom. The maximum Gasteiger partial charge on any atom is 0.329 e. The van der Waals surface area contributed by atoms with Crippen molar-refractivity contribution in [2.45, 2.75) is 32.2 Å². The second-order valence-corrected chi connectivity index (χ2v) is 8.56. The van der Waals surface area contributed by atoms with Crippen LogP contribution in [0.3, 0.4) is 0 Å². The quantitative estimate of drug-likeness (QED) is 0.404. The predicted molar refractivity (Wildman–Crippen MR) is 98.6 cm³/mol. The van der Waals surface area contributed by atoms with Gasteiger partial charge in [-0.15, -0.1) is 0 Å². The molecule has 0 spiro atoms. The number of hydrogen-bond acceptors (Lipinski definition) is 5. The molecule has 3 fully saturated rings. The zero-order chi connectivity index (χ0) is 19.3. The highest BCUT2D eigenvalue weighted by molar-refractivity contribution is 9.10. The first-order valence-electron chi connectivity index (χ1n) is 9.20. The largest absolute Gasteiger partial charge is 0.456 e. The van der Waals surface area contributed by atoms with Crippen LogP contribution in [0, 0.1) is 23.7 Å². The molecular weight excluding hydrogens is 414 g/mol. The number of Topliss-reactive ketones (excluding diaryl/α,β-unsaturated/α-hetero) is 1. The lowest BCUT2D eigenvalue weighted by Gasteiger charge is -2.22. The third-order valence-electron chi connectivity index (χ3n) is 6.20. The number of carbonyl (C=O) groups excluding carboxylic acids is 4. The summed E-state index contributed by atoms with van der Waals surface area (Å²) in [6, 6.07) is 5.72. The van der Waals surface area contributed by atoms with Crippen molar-refractivity contribution in [3.8, 4) is 0 Å². The van der Waals surface area contributed by atoms with E-state index in [2.05, 4.69) is 15.9 Å². The van der Waals surface area contributed by atoms with Gasteiger partial charge in [-0.3, -0.25) is 19.3 Å². The number of amides is 2. The van der Waals surface area contributed by atoms with Crippen LogP contribution in [0.1, 0.15) is 36.5 Å². The molecule has 0 unspecified atom stereocenters. The fourth-order valence-electron chi connectivity index (χ4n) is 4.90. The summed E-state index contributed by atoms with van der Waals surface area (Å²) in [6.07, 6.45) is 2.92. The van der Waals surface area contributed by atoms with Gasteiger partial charge >= 0.3 is 5.97 Å². The highest BCUT2D eigenvalue weighted by atomic mass is 79.9. The number of likely N-dealkylation sites (tertiary alicyclic amines) is 1. The Labute approximate surface area is 165 Å². The van der Waals surface area contributed by atoms with E-state index in [1.54, 1.807) is 24.3 Å². The van der Waals surface area contributed by atoms with E-state index in [9.17, 15) is 19.2 Å². The van der Waals surface area contributed by atoms with Gasteiger partial charge in [0.2, 0.25) is 11.8 Å². The molecule has 6 nitrogen and oxygen atoms in total. The number of carbonyl (C=O) groups is 4. The van der Waals surface area contributed by atoms with Crippen molar-refractivity contribution in [3.63, 3.8) is 0 Å². The Bertz CT molecular complexity index is 792. The van der Waals surface area contributed by atoms with Crippen molar-refractivity contribution >= 4 is 39.5 Å². The summed E-state index contributed by atoms with van der Waals surface area (Å²) >= 11 is 3.29. The number of nitrogens with zero attached hydrogens (tertiary/aromatic N) is 1. The molecule has 0 aromatic heterocycles. The van der Waals surface area contributed by atoms with E-state index in [4.69, 9.17) is 4.74 Å². The maximum absolute atomic E-state index is 12.8. The molecule has 4 rings (SSSR count). The molecule has 1 saturated heterocycles. The minimum absolute atomic E-state index is 0.249. The number of fused-ring (bicyclic) bond motifs is 5. The normalized spacial score (nSPS) is 29.8. The van der Waals surface area contributed by atoms with Gasteiger partial charge in [-0.1, -0.05) is 28.1 Å². The number of rotatable bonds is 5. The van der Waals surface area contributed by atoms with Crippen molar-refractivity contribution < 1.29 is 23.9 Å². The summed E-state index contributed by atoms with van der Waals surface area (Å²) in [5, 5.41) is 0. The number of ether oxygens (including phenoxy) is 1. The van der Waals surface area contributed by atoms with Crippen molar-refractivity contribution in [2.24, 2.45) is 23.7 Å². The minimum Gasteiger partial charge on any atom is -0.456 e. The predicted octanol–water partition coefficient (Wildman–Crippen LogP) is 2.59. The van der Waals surface area contributed by atoms with Crippen LogP contribution in [-0.2, 0) is 19.1 Å². The van der Waals surface area contributed by atoms with E-state index < -0.39 is 18.6 Å². The summed E-state index contributed by atoms with van der Waals surface area (Å²) in [5.41, 5.74) is 0.429. The van der Waals surface area contributed by atoms with E-state index in [0.717, 1.165) is 28.6 Å². The van der Waals surface area contributed by atoms with Gasteiger partial charge in [0.25, 0.3) is 0 Å². The van der Waals surface area contributed by atoms with Gasteiger partial charge in [0.1, 0.15) is 6.04 Å². The molecule has 1 heterocycles. The Kier molecular flexibility index (Phi) is 4.66. The fourth-order valence-corrected chi connectivity index (χ4v) is 5.16. The van der Waals surface area contributed by atoms with E-state index in [-0.39, 0.29) is 41.3 Å². The molecule has 2 saturated carbocycles. The average molecular weight is 434 g/mol. The first-order valence-corrected chi connectivity index (χ1v) is 10.00. The zero-order valence-corrected chi connectivity index (χ0v) is 16.5. The van der Waals surface area contributed by atoms with Crippen LogP contribution in [-0.4, -0.2) is 41.1 Å². The second-order valence-electron chi connectivity index (χ2n) is 7.65. The SMILES string of the molecule is C[C@@H](C(=O)OCC(=O)c1ccc(Br)cc1)N1C(=O)[C@@H]2[C@@H]3CC[C@H](C3)[C@@H]2C1=O. The van der Waals surface area contributed by atoms with Gasteiger partial charge in [0.15, 0.2) is 12.4 Å². The van der Waals surface area contributed by atoms with Crippen LogP contribution in [0.2, 0.25) is 0 Å². The Hall–Kier alpha value is -2.02. The number of esters is 1. The molecular formula is C20H20BrNO5. The summed E-state index contributed by atoms with van der Waals surface area (Å²) in [6.45, 7) is 1.07. The summed E-state index contributed by atoms with van der Waals surface area (Å²) < 4.78 is 5.95. The van der Waals surface area contributed by atoms with Crippen LogP contribution < -0.4 is 0 Å². The third-order valence-corrected chi connectivity index (χ3v) is 6.73. The molecule has 3 aliphatic rings. The highest BCUT2D eigenvalue weighted by Crippen LogP contribution is 2.56. The van der Waals surface area contributed by atoms with Gasteiger partial charge in [0, 0.05) is 10.0 Å². The average Bonchev–Trinajstić information content (AvgIpc) is 3.33. The van der Waals surface area contributed by atoms with Crippen molar-refractivity contribution in [2.75, 3.05) is 6.61 Å². The molecule has 2 aliphatic carbocycles. The molecule has 2 amide bonds. The number of hydrogen-bond donors (Lipinski definition) is 0. The summed E-state index contributed by atoms with van der Waals surface area (Å²) in [7, 11) is 0. The van der Waals surface area contributed by atoms with Crippen molar-refractivity contribution in [1.29, 1.82) is 0 Å². The molecule has 7 heteroatoms. The zero-order valence-electron chi connectivity index (χ0n) is 14.9. The van der Waals surface area contributed by atoms with Crippen molar-refractivity contribution in [1.82, 2.24) is 4.90 Å². The Morgan fingerprint density at radius 2 is 1.67 bits per heavy atom. The Morgan fingerprint density at radius 3 is 2.22 bits per heavy atom. The van der Waals surface area contributed by atoms with E-state index in [1.165, 1.54) is 6.92 Å². The number of ketones is 1. The second kappa shape index (κ2) is 6.86. The highest BCUT2D eigenvalue weighted by Gasteiger charge is 2.62. The standard InChI is InChI=1S/C20H20BrNO5/c1-10(20(26)27-9-15(23)11-4-6-14(21)7-5-11)22-18(24)16-12-2-3-13(8-12)17(16)19(22)25/h4-7,10,12-13,16-17H,2-3,8-9H2,1H3/t10-,12+,13+,16-,17+/m0/s1. The monoisotopic (exact) mass is 433 g/mol. The third kappa shape index (κ3) is 3.02. The molecule has 0 radical (unpaired) electrons. The number of halogens is 1. The van der Waals surface area contributed by atoms with E-state index in [1.807, 2.05) is 0 Å².